The average molecular weight is 253 g/mol. The Morgan fingerprint density at radius 1 is 1.53 bits per heavy atom. The van der Waals surface area contributed by atoms with Crippen molar-refractivity contribution in [3.05, 3.63) is 24.0 Å². The van der Waals surface area contributed by atoms with E-state index in [-0.39, 0.29) is 0 Å². The summed E-state index contributed by atoms with van der Waals surface area (Å²) in [5.41, 5.74) is 7.31. The monoisotopic (exact) mass is 253 g/mol. The van der Waals surface area contributed by atoms with E-state index in [0.717, 1.165) is 32.0 Å². The maximum atomic E-state index is 5.57. The highest BCUT2D eigenvalue weighted by molar-refractivity contribution is 7.80. The van der Waals surface area contributed by atoms with E-state index in [9.17, 15) is 0 Å². The molecule has 94 valence electrons. The van der Waals surface area contributed by atoms with Crippen molar-refractivity contribution < 1.29 is 4.74 Å². The number of nitrogens with zero attached hydrogens (tertiary/aromatic N) is 2. The van der Waals surface area contributed by atoms with Crippen molar-refractivity contribution in [1.29, 1.82) is 0 Å². The summed E-state index contributed by atoms with van der Waals surface area (Å²) >= 11 is 4.92. The summed E-state index contributed by atoms with van der Waals surface area (Å²) in [4.78, 5) is 6.66. The van der Waals surface area contributed by atoms with Crippen LogP contribution in [0.15, 0.2) is 18.3 Å². The first-order valence-electron chi connectivity index (χ1n) is 5.77. The molecule has 17 heavy (non-hydrogen) atoms. The summed E-state index contributed by atoms with van der Waals surface area (Å²) in [6, 6.07) is 3.87. The molecule has 0 aromatic carbocycles. The van der Waals surface area contributed by atoms with Gasteiger partial charge in [-0.1, -0.05) is 12.2 Å². The van der Waals surface area contributed by atoms with Crippen LogP contribution in [0.1, 0.15) is 19.5 Å². The second kappa shape index (κ2) is 7.19. The van der Waals surface area contributed by atoms with Gasteiger partial charge < -0.3 is 15.4 Å². The van der Waals surface area contributed by atoms with Crippen LogP contribution in [0, 0.1) is 0 Å². The highest BCUT2D eigenvalue weighted by atomic mass is 32.1. The number of hydrogen-bond donors (Lipinski definition) is 1. The van der Waals surface area contributed by atoms with Gasteiger partial charge in [0, 0.05) is 31.6 Å². The second-order valence-corrected chi connectivity index (χ2v) is 3.98. The predicted molar refractivity (Wildman–Crippen MR) is 74.5 cm³/mol. The quantitative estimate of drug-likeness (QED) is 0.590. The number of ether oxygens (including phenoxy) is 1. The fourth-order valence-electron chi connectivity index (χ4n) is 1.54. The standard InChI is InChI=1S/C12H19N3OS/c1-3-15(7-8-16-4-2)10-5-6-14-11(9-10)12(13)17/h5-6,9H,3-4,7-8H2,1-2H3,(H2,13,17). The van der Waals surface area contributed by atoms with E-state index in [4.69, 9.17) is 22.7 Å². The first-order chi connectivity index (χ1) is 8.19. The van der Waals surface area contributed by atoms with E-state index in [1.54, 1.807) is 6.20 Å². The molecule has 0 saturated carbocycles. The molecular weight excluding hydrogens is 234 g/mol. The van der Waals surface area contributed by atoms with Crippen molar-refractivity contribution in [1.82, 2.24) is 4.98 Å². The first kappa shape index (κ1) is 13.9. The summed E-state index contributed by atoms with van der Waals surface area (Å²) in [6.07, 6.45) is 1.73. The lowest BCUT2D eigenvalue weighted by Crippen LogP contribution is -2.27. The van der Waals surface area contributed by atoms with Crippen molar-refractivity contribution >= 4 is 22.9 Å². The Morgan fingerprint density at radius 2 is 2.29 bits per heavy atom. The van der Waals surface area contributed by atoms with Gasteiger partial charge in [0.15, 0.2) is 0 Å². The molecular formula is C12H19N3OS. The molecule has 5 heteroatoms. The van der Waals surface area contributed by atoms with Crippen molar-refractivity contribution in [3.8, 4) is 0 Å². The molecule has 0 aliphatic rings. The minimum Gasteiger partial charge on any atom is -0.388 e. The number of anilines is 1. The Balaban J connectivity index is 2.73. The molecule has 0 saturated heterocycles. The number of rotatable bonds is 7. The molecule has 4 nitrogen and oxygen atoms in total. The smallest absolute Gasteiger partial charge is 0.122 e. The zero-order chi connectivity index (χ0) is 12.7. The Morgan fingerprint density at radius 3 is 2.88 bits per heavy atom. The van der Waals surface area contributed by atoms with Gasteiger partial charge in [0.25, 0.3) is 0 Å². The summed E-state index contributed by atoms with van der Waals surface area (Å²) in [7, 11) is 0. The third kappa shape index (κ3) is 4.28. The van der Waals surface area contributed by atoms with Gasteiger partial charge in [0.05, 0.1) is 12.3 Å². The van der Waals surface area contributed by atoms with Crippen LogP contribution < -0.4 is 10.6 Å². The zero-order valence-electron chi connectivity index (χ0n) is 10.3. The third-order valence-electron chi connectivity index (χ3n) is 2.45. The Labute approximate surface area is 108 Å². The van der Waals surface area contributed by atoms with Crippen LogP contribution in [-0.2, 0) is 4.74 Å². The molecule has 0 fully saturated rings. The van der Waals surface area contributed by atoms with Crippen molar-refractivity contribution in [2.24, 2.45) is 5.73 Å². The minimum atomic E-state index is 0.327. The van der Waals surface area contributed by atoms with Gasteiger partial charge in [-0.15, -0.1) is 0 Å². The van der Waals surface area contributed by atoms with E-state index in [1.807, 2.05) is 19.1 Å². The Bertz CT molecular complexity index is 371. The summed E-state index contributed by atoms with van der Waals surface area (Å²) in [6.45, 7) is 7.32. The average Bonchev–Trinajstić information content (AvgIpc) is 2.35. The second-order valence-electron chi connectivity index (χ2n) is 3.54. The number of aromatic nitrogens is 1. The number of thiocarbonyl (C=S) groups is 1. The lowest BCUT2D eigenvalue weighted by atomic mass is 10.3. The maximum Gasteiger partial charge on any atom is 0.122 e. The molecule has 2 N–H and O–H groups in total. The minimum absolute atomic E-state index is 0.327. The third-order valence-corrected chi connectivity index (χ3v) is 2.66. The van der Waals surface area contributed by atoms with Crippen LogP contribution in [0.25, 0.3) is 0 Å². The summed E-state index contributed by atoms with van der Waals surface area (Å²) in [5, 5.41) is 0. The Kier molecular flexibility index (Phi) is 5.86. The van der Waals surface area contributed by atoms with Gasteiger partial charge in [-0.3, -0.25) is 4.98 Å². The van der Waals surface area contributed by atoms with E-state index >= 15 is 0 Å². The molecule has 0 radical (unpaired) electrons. The largest absolute Gasteiger partial charge is 0.388 e. The van der Waals surface area contributed by atoms with Crippen molar-refractivity contribution in [3.63, 3.8) is 0 Å². The molecule has 1 heterocycles. The van der Waals surface area contributed by atoms with Gasteiger partial charge in [-0.2, -0.15) is 0 Å². The number of likely N-dealkylation sites (N-methyl/N-ethyl adjacent to an activating group) is 1. The highest BCUT2D eigenvalue weighted by Gasteiger charge is 2.06. The van der Waals surface area contributed by atoms with Crippen LogP contribution in [0.3, 0.4) is 0 Å². The number of pyridine rings is 1. The van der Waals surface area contributed by atoms with Crippen LogP contribution in [0.5, 0.6) is 0 Å². The molecule has 0 unspecified atom stereocenters. The lowest BCUT2D eigenvalue weighted by molar-refractivity contribution is 0.154. The van der Waals surface area contributed by atoms with Crippen LogP contribution in [0.4, 0.5) is 5.69 Å². The molecule has 0 amide bonds. The number of nitrogens with two attached hydrogens (primary N) is 1. The predicted octanol–water partition coefficient (Wildman–Crippen LogP) is 1.58. The Hall–Kier alpha value is -1.20. The first-order valence-corrected chi connectivity index (χ1v) is 6.18. The van der Waals surface area contributed by atoms with Gasteiger partial charge in [-0.05, 0) is 26.0 Å². The SMILES string of the molecule is CCOCCN(CC)c1ccnc(C(N)=S)c1. The number of hydrogen-bond acceptors (Lipinski definition) is 4. The molecule has 1 aromatic rings. The van der Waals surface area contributed by atoms with Crippen molar-refractivity contribution in [2.75, 3.05) is 31.2 Å². The van der Waals surface area contributed by atoms with Crippen LogP contribution >= 0.6 is 12.2 Å². The van der Waals surface area contributed by atoms with E-state index < -0.39 is 0 Å². The molecule has 0 bridgehead atoms. The molecule has 0 spiro atoms. The van der Waals surface area contributed by atoms with Gasteiger partial charge in [0.2, 0.25) is 0 Å². The topological polar surface area (TPSA) is 51.4 Å². The summed E-state index contributed by atoms with van der Waals surface area (Å²) in [5.74, 6) is 0. The molecule has 0 atom stereocenters. The van der Waals surface area contributed by atoms with E-state index in [0.29, 0.717) is 10.7 Å². The molecule has 1 aromatic heterocycles. The molecule has 1 rings (SSSR count). The van der Waals surface area contributed by atoms with Crippen LogP contribution in [0.2, 0.25) is 0 Å². The highest BCUT2D eigenvalue weighted by Crippen LogP contribution is 2.14. The van der Waals surface area contributed by atoms with E-state index in [2.05, 4.69) is 16.8 Å². The zero-order valence-corrected chi connectivity index (χ0v) is 11.2. The van der Waals surface area contributed by atoms with E-state index in [1.165, 1.54) is 0 Å². The fraction of sp³-hybridized carbons (Fsp3) is 0.500. The van der Waals surface area contributed by atoms with Crippen molar-refractivity contribution in [2.45, 2.75) is 13.8 Å². The molecule has 0 aliphatic carbocycles. The van der Waals surface area contributed by atoms with Gasteiger partial charge >= 0.3 is 0 Å². The van der Waals surface area contributed by atoms with Crippen LogP contribution in [-0.4, -0.2) is 36.3 Å². The summed E-state index contributed by atoms with van der Waals surface area (Å²) < 4.78 is 5.36. The van der Waals surface area contributed by atoms with Gasteiger partial charge in [0.1, 0.15) is 4.99 Å². The maximum absolute atomic E-state index is 5.57. The van der Waals surface area contributed by atoms with Gasteiger partial charge in [-0.25, -0.2) is 0 Å². The fourth-order valence-corrected chi connectivity index (χ4v) is 1.65. The molecule has 0 aliphatic heterocycles. The lowest BCUT2D eigenvalue weighted by Gasteiger charge is -2.23. The normalized spacial score (nSPS) is 10.2.